The predicted molar refractivity (Wildman–Crippen MR) is 70.8 cm³/mol. The van der Waals surface area contributed by atoms with Crippen molar-refractivity contribution in [3.05, 3.63) is 12.7 Å². The van der Waals surface area contributed by atoms with Crippen LogP contribution in [0.3, 0.4) is 0 Å². The third kappa shape index (κ3) is 7.46. The molecule has 0 heterocycles. The van der Waals surface area contributed by atoms with Crippen molar-refractivity contribution in [2.24, 2.45) is 0 Å². The van der Waals surface area contributed by atoms with E-state index in [-0.39, 0.29) is 6.61 Å². The van der Waals surface area contributed by atoms with Crippen molar-refractivity contribution in [3.8, 4) is 0 Å². The first-order chi connectivity index (χ1) is 8.71. The number of nitrogens with one attached hydrogen (secondary N) is 1. The minimum absolute atomic E-state index is 0.269. The zero-order chi connectivity index (χ0) is 15.1. The molecule has 0 unspecified atom stereocenters. The van der Waals surface area contributed by atoms with Crippen LogP contribution in [0.2, 0.25) is 0 Å². The van der Waals surface area contributed by atoms with Gasteiger partial charge in [-0.3, -0.25) is 0 Å². The normalized spacial score (nSPS) is 14.2. The molecule has 0 aliphatic carbocycles. The van der Waals surface area contributed by atoms with Crippen molar-refractivity contribution < 1.29 is 23.8 Å². The van der Waals surface area contributed by atoms with E-state index in [4.69, 9.17) is 9.47 Å². The Labute approximate surface area is 114 Å². The maximum absolute atomic E-state index is 11.7. The zero-order valence-corrected chi connectivity index (χ0v) is 12.2. The number of esters is 1. The molecule has 1 N–H and O–H groups in total. The third-order valence-electron chi connectivity index (χ3n) is 2.07. The number of hydrogen-bond acceptors (Lipinski definition) is 5. The average Bonchev–Trinajstić information content (AvgIpc) is 2.29. The van der Waals surface area contributed by atoms with Gasteiger partial charge in [-0.2, -0.15) is 0 Å². The Bertz CT molecular complexity index is 321. The van der Waals surface area contributed by atoms with Gasteiger partial charge in [-0.15, -0.1) is 6.58 Å². The van der Waals surface area contributed by atoms with Gasteiger partial charge in [0.2, 0.25) is 0 Å². The number of alkyl carbamates (subject to hydrolysis) is 1. The molecule has 6 nitrogen and oxygen atoms in total. The first kappa shape index (κ1) is 17.4. The Morgan fingerprint density at radius 2 is 1.95 bits per heavy atom. The fraction of sp³-hybridized carbons (Fsp3) is 0.692. The van der Waals surface area contributed by atoms with E-state index in [1.165, 1.54) is 7.11 Å². The summed E-state index contributed by atoms with van der Waals surface area (Å²) in [4.78, 5) is 23.3. The van der Waals surface area contributed by atoms with Crippen LogP contribution in [0.4, 0.5) is 4.79 Å². The molecule has 0 aromatic carbocycles. The summed E-state index contributed by atoms with van der Waals surface area (Å²) >= 11 is 0. The lowest BCUT2D eigenvalue weighted by Gasteiger charge is -2.25. The molecule has 110 valence electrons. The van der Waals surface area contributed by atoms with Crippen LogP contribution in [0, 0.1) is 0 Å². The van der Waals surface area contributed by atoms with Crippen molar-refractivity contribution in [1.29, 1.82) is 0 Å². The highest BCUT2D eigenvalue weighted by atomic mass is 16.6. The van der Waals surface area contributed by atoms with Gasteiger partial charge in [0.15, 0.2) is 6.04 Å². The highest BCUT2D eigenvalue weighted by molar-refractivity contribution is 5.82. The molecule has 0 saturated carbocycles. The smallest absolute Gasteiger partial charge is 0.408 e. The molecular formula is C13H23NO5. The van der Waals surface area contributed by atoms with Gasteiger partial charge in [0, 0.05) is 0 Å². The number of amides is 1. The number of methoxy groups -OCH3 is 1. The lowest BCUT2D eigenvalue weighted by molar-refractivity contribution is -0.146. The maximum Gasteiger partial charge on any atom is 0.408 e. The van der Waals surface area contributed by atoms with Crippen molar-refractivity contribution in [1.82, 2.24) is 5.32 Å². The van der Waals surface area contributed by atoms with Gasteiger partial charge in [-0.1, -0.05) is 6.08 Å². The van der Waals surface area contributed by atoms with E-state index in [0.29, 0.717) is 0 Å². The summed E-state index contributed by atoms with van der Waals surface area (Å²) in [5.41, 5.74) is -0.643. The summed E-state index contributed by atoms with van der Waals surface area (Å²) in [5, 5.41) is 2.44. The Hall–Kier alpha value is -1.56. The third-order valence-corrected chi connectivity index (χ3v) is 2.07. The first-order valence-electron chi connectivity index (χ1n) is 6.01. The molecule has 0 aromatic heterocycles. The fourth-order valence-corrected chi connectivity index (χ4v) is 1.25. The van der Waals surface area contributed by atoms with E-state index in [0.717, 1.165) is 0 Å². The topological polar surface area (TPSA) is 73.9 Å². The molecule has 0 rings (SSSR count). The molecule has 6 heteroatoms. The van der Waals surface area contributed by atoms with Gasteiger partial charge >= 0.3 is 12.1 Å². The summed E-state index contributed by atoms with van der Waals surface area (Å²) < 4.78 is 15.0. The predicted octanol–water partition coefficient (Wildman–Crippen LogP) is 1.64. The van der Waals surface area contributed by atoms with Gasteiger partial charge in [0.25, 0.3) is 0 Å². The van der Waals surface area contributed by atoms with Gasteiger partial charge in [-0.25, -0.2) is 9.59 Å². The highest BCUT2D eigenvalue weighted by Crippen LogP contribution is 2.08. The number of hydrogen-bond donors (Lipinski definition) is 1. The Kier molecular flexibility index (Phi) is 7.14. The Morgan fingerprint density at radius 3 is 2.37 bits per heavy atom. The largest absolute Gasteiger partial charge is 0.467 e. The molecule has 0 aliphatic heterocycles. The van der Waals surface area contributed by atoms with Crippen LogP contribution < -0.4 is 5.32 Å². The van der Waals surface area contributed by atoms with Crippen LogP contribution in [0.15, 0.2) is 12.7 Å². The first-order valence-corrected chi connectivity index (χ1v) is 6.01. The van der Waals surface area contributed by atoms with Crippen molar-refractivity contribution in [2.45, 2.75) is 45.4 Å². The van der Waals surface area contributed by atoms with E-state index in [1.54, 1.807) is 33.8 Å². The SMILES string of the molecule is C=CCO[C@@H](C)[C@H](NC(=O)OC(C)(C)C)C(=O)OC. The van der Waals surface area contributed by atoms with Gasteiger partial charge < -0.3 is 19.5 Å². The standard InChI is InChI=1S/C13H23NO5/c1-7-8-18-9(2)10(11(15)17-6)14-12(16)19-13(3,4)5/h7,9-10H,1,8H2,2-6H3,(H,14,16)/t9-,10-/m0/s1. The minimum Gasteiger partial charge on any atom is -0.467 e. The summed E-state index contributed by atoms with van der Waals surface area (Å²) in [5.74, 6) is -0.595. The summed E-state index contributed by atoms with van der Waals surface area (Å²) in [6.45, 7) is 10.6. The Morgan fingerprint density at radius 1 is 1.37 bits per heavy atom. The van der Waals surface area contributed by atoms with E-state index in [9.17, 15) is 9.59 Å². The number of carbonyl (C=O) groups is 2. The molecule has 0 aliphatic rings. The molecule has 19 heavy (non-hydrogen) atoms. The maximum atomic E-state index is 11.7. The van der Waals surface area contributed by atoms with Crippen LogP contribution in [-0.4, -0.2) is 43.5 Å². The quantitative estimate of drug-likeness (QED) is 0.588. The molecule has 0 spiro atoms. The molecular weight excluding hydrogens is 250 g/mol. The van der Waals surface area contributed by atoms with Crippen LogP contribution in [0.1, 0.15) is 27.7 Å². The number of rotatable bonds is 6. The highest BCUT2D eigenvalue weighted by Gasteiger charge is 2.30. The van der Waals surface area contributed by atoms with E-state index in [1.807, 2.05) is 0 Å². The molecule has 0 aromatic rings. The van der Waals surface area contributed by atoms with E-state index in [2.05, 4.69) is 16.6 Å². The van der Waals surface area contributed by atoms with Gasteiger partial charge in [-0.05, 0) is 27.7 Å². The molecule has 0 saturated heterocycles. The van der Waals surface area contributed by atoms with Crippen molar-refractivity contribution >= 4 is 12.1 Å². The molecule has 1 amide bonds. The fourth-order valence-electron chi connectivity index (χ4n) is 1.25. The lowest BCUT2D eigenvalue weighted by atomic mass is 10.2. The van der Waals surface area contributed by atoms with Crippen LogP contribution in [-0.2, 0) is 19.0 Å². The van der Waals surface area contributed by atoms with Crippen molar-refractivity contribution in [2.75, 3.05) is 13.7 Å². The van der Waals surface area contributed by atoms with Gasteiger partial charge in [0.05, 0.1) is 19.8 Å². The molecule has 0 bridgehead atoms. The van der Waals surface area contributed by atoms with Crippen molar-refractivity contribution in [3.63, 3.8) is 0 Å². The second-order valence-corrected chi connectivity index (χ2v) is 4.97. The minimum atomic E-state index is -0.931. The summed E-state index contributed by atoms with van der Waals surface area (Å²) in [6, 6.07) is -0.931. The number of ether oxygens (including phenoxy) is 3. The second kappa shape index (κ2) is 7.78. The molecule has 2 atom stereocenters. The monoisotopic (exact) mass is 273 g/mol. The molecule has 0 radical (unpaired) electrons. The number of carbonyl (C=O) groups excluding carboxylic acids is 2. The van der Waals surface area contributed by atoms with Crippen LogP contribution >= 0.6 is 0 Å². The van der Waals surface area contributed by atoms with Crippen LogP contribution in [0.5, 0.6) is 0 Å². The Balaban J connectivity index is 4.63. The molecule has 0 fully saturated rings. The lowest BCUT2D eigenvalue weighted by Crippen LogP contribution is -2.50. The summed E-state index contributed by atoms with van der Waals surface area (Å²) in [6.07, 6.45) is 0.299. The van der Waals surface area contributed by atoms with E-state index >= 15 is 0 Å². The summed E-state index contributed by atoms with van der Waals surface area (Å²) in [7, 11) is 1.24. The van der Waals surface area contributed by atoms with Crippen LogP contribution in [0.25, 0.3) is 0 Å². The van der Waals surface area contributed by atoms with E-state index < -0.39 is 29.8 Å². The van der Waals surface area contributed by atoms with Gasteiger partial charge in [0.1, 0.15) is 5.60 Å². The zero-order valence-electron chi connectivity index (χ0n) is 12.2. The average molecular weight is 273 g/mol. The second-order valence-electron chi connectivity index (χ2n) is 4.97.